The first-order valence-corrected chi connectivity index (χ1v) is 11.7. The number of carbonyl (C=O) groups excluding carboxylic acids is 1. The Hall–Kier alpha value is -3.70. The summed E-state index contributed by atoms with van der Waals surface area (Å²) in [5.41, 5.74) is 2.58. The van der Waals surface area contributed by atoms with Crippen molar-refractivity contribution >= 4 is 34.2 Å². The number of aromatic amines is 1. The number of imidazole rings is 1. The van der Waals surface area contributed by atoms with E-state index in [0.717, 1.165) is 36.9 Å². The first-order valence-electron chi connectivity index (χ1n) is 11.7. The number of nitrogens with one attached hydrogen (secondary N) is 2. The predicted molar refractivity (Wildman–Crippen MR) is 125 cm³/mol. The number of nitrogens with zero attached hydrogens (tertiary/aromatic N) is 7. The van der Waals surface area contributed by atoms with Gasteiger partial charge in [0.1, 0.15) is 11.5 Å². The highest BCUT2D eigenvalue weighted by atomic mass is 19.3. The number of likely N-dealkylation sites (tertiary alicyclic amines) is 1. The minimum atomic E-state index is -2.52. The molecule has 35 heavy (non-hydrogen) atoms. The molecule has 0 aromatic carbocycles. The van der Waals surface area contributed by atoms with Gasteiger partial charge in [-0.1, -0.05) is 0 Å². The third-order valence-corrected chi connectivity index (χ3v) is 7.21. The molecule has 4 aromatic heterocycles. The van der Waals surface area contributed by atoms with Crippen LogP contribution in [0.5, 0.6) is 0 Å². The molecule has 0 radical (unpaired) electrons. The van der Waals surface area contributed by atoms with Crippen molar-refractivity contribution in [2.45, 2.75) is 45.7 Å². The molecule has 6 rings (SSSR count). The van der Waals surface area contributed by atoms with E-state index in [4.69, 9.17) is 0 Å². The molecule has 1 aliphatic carbocycles. The van der Waals surface area contributed by atoms with Crippen LogP contribution in [0.15, 0.2) is 18.6 Å². The molecule has 0 bridgehead atoms. The smallest absolute Gasteiger partial charge is 0.256 e. The number of amides is 1. The van der Waals surface area contributed by atoms with Gasteiger partial charge in [-0.2, -0.15) is 4.98 Å². The van der Waals surface area contributed by atoms with Crippen molar-refractivity contribution in [1.29, 1.82) is 0 Å². The molecule has 1 saturated heterocycles. The fourth-order valence-electron chi connectivity index (χ4n) is 5.53. The van der Waals surface area contributed by atoms with Crippen LogP contribution in [0, 0.1) is 18.8 Å². The van der Waals surface area contributed by atoms with E-state index in [1.165, 1.54) is 4.57 Å². The van der Waals surface area contributed by atoms with Gasteiger partial charge >= 0.3 is 0 Å². The van der Waals surface area contributed by atoms with Gasteiger partial charge in [0.25, 0.3) is 6.43 Å². The van der Waals surface area contributed by atoms with Crippen LogP contribution in [0.1, 0.15) is 25.6 Å². The van der Waals surface area contributed by atoms with Gasteiger partial charge in [-0.3, -0.25) is 4.79 Å². The normalized spacial score (nSPS) is 22.0. The Morgan fingerprint density at radius 2 is 1.94 bits per heavy atom. The third kappa shape index (κ3) is 3.86. The Bertz CT molecular complexity index is 1420. The van der Waals surface area contributed by atoms with Crippen LogP contribution in [-0.2, 0) is 11.3 Å². The quantitative estimate of drug-likeness (QED) is 0.450. The molecule has 12 heteroatoms. The number of hydrogen-bond donors (Lipinski definition) is 2. The molecule has 10 nitrogen and oxygen atoms in total. The van der Waals surface area contributed by atoms with Crippen LogP contribution in [-0.4, -0.2) is 70.8 Å². The summed E-state index contributed by atoms with van der Waals surface area (Å²) in [6.45, 7) is 4.48. The summed E-state index contributed by atoms with van der Waals surface area (Å²) in [5, 5.41) is 4.22. The number of aromatic nitrogens is 7. The molecular formula is C23H25F2N9O. The zero-order valence-electron chi connectivity index (χ0n) is 19.4. The molecular weight excluding hydrogens is 456 g/mol. The van der Waals surface area contributed by atoms with E-state index in [2.05, 4.69) is 35.2 Å². The highest BCUT2D eigenvalue weighted by molar-refractivity contribution is 5.93. The highest BCUT2D eigenvalue weighted by Crippen LogP contribution is 2.39. The molecule has 3 atom stereocenters. The van der Waals surface area contributed by atoms with E-state index in [9.17, 15) is 13.6 Å². The van der Waals surface area contributed by atoms with Crippen LogP contribution in [0.4, 0.5) is 14.7 Å². The lowest BCUT2D eigenvalue weighted by atomic mass is 10.0. The number of halogens is 2. The molecule has 2 N–H and O–H groups in total. The van der Waals surface area contributed by atoms with E-state index in [1.54, 1.807) is 32.4 Å². The average Bonchev–Trinajstić information content (AvgIpc) is 3.55. The molecule has 1 amide bonds. The van der Waals surface area contributed by atoms with Gasteiger partial charge < -0.3 is 19.8 Å². The molecule has 4 aromatic rings. The molecule has 1 saturated carbocycles. The minimum absolute atomic E-state index is 0.151. The monoisotopic (exact) mass is 481 g/mol. The lowest BCUT2D eigenvalue weighted by molar-refractivity contribution is -0.128. The lowest BCUT2D eigenvalue weighted by Crippen LogP contribution is -2.29. The SMILES string of the molecule is CC(=O)N1C[C@H]2C[C@@H](Nc3ncc4c(-c5cnc6nc(C)n(CC(F)F)c6n5)c[nH]c4n3)C[C@H]2C1. The van der Waals surface area contributed by atoms with E-state index in [-0.39, 0.29) is 11.9 Å². The number of fused-ring (bicyclic) bond motifs is 3. The zero-order valence-corrected chi connectivity index (χ0v) is 19.4. The maximum absolute atomic E-state index is 13.0. The highest BCUT2D eigenvalue weighted by Gasteiger charge is 2.41. The lowest BCUT2D eigenvalue weighted by Gasteiger charge is -2.18. The summed E-state index contributed by atoms with van der Waals surface area (Å²) in [6.07, 6.45) is 4.56. The summed E-state index contributed by atoms with van der Waals surface area (Å²) in [4.78, 5) is 39.1. The minimum Gasteiger partial charge on any atom is -0.351 e. The second-order valence-corrected chi connectivity index (χ2v) is 9.48. The van der Waals surface area contributed by atoms with E-state index in [0.29, 0.717) is 46.2 Å². The second-order valence-electron chi connectivity index (χ2n) is 9.48. The van der Waals surface area contributed by atoms with Gasteiger partial charge in [-0.15, -0.1) is 0 Å². The van der Waals surface area contributed by atoms with Crippen LogP contribution < -0.4 is 5.32 Å². The van der Waals surface area contributed by atoms with Crippen molar-refractivity contribution < 1.29 is 13.6 Å². The van der Waals surface area contributed by atoms with E-state index in [1.807, 2.05) is 4.90 Å². The topological polar surface area (TPSA) is 118 Å². The van der Waals surface area contributed by atoms with Crippen molar-refractivity contribution in [2.75, 3.05) is 18.4 Å². The van der Waals surface area contributed by atoms with Gasteiger partial charge in [0, 0.05) is 49.4 Å². The Labute approximate surface area is 199 Å². The van der Waals surface area contributed by atoms with Crippen LogP contribution >= 0.6 is 0 Å². The van der Waals surface area contributed by atoms with Gasteiger partial charge in [0.05, 0.1) is 18.4 Å². The second kappa shape index (κ2) is 8.21. The molecule has 182 valence electrons. The summed E-state index contributed by atoms with van der Waals surface area (Å²) >= 11 is 0. The fourth-order valence-corrected chi connectivity index (χ4v) is 5.53. The van der Waals surface area contributed by atoms with Crippen molar-refractivity contribution in [1.82, 2.24) is 39.4 Å². The van der Waals surface area contributed by atoms with Gasteiger partial charge in [-0.05, 0) is 31.6 Å². The Morgan fingerprint density at radius 1 is 1.17 bits per heavy atom. The van der Waals surface area contributed by atoms with Crippen molar-refractivity contribution in [3.63, 3.8) is 0 Å². The summed E-state index contributed by atoms with van der Waals surface area (Å²) in [6, 6.07) is 0.276. The molecule has 1 aliphatic heterocycles. The molecule has 0 spiro atoms. The number of aryl methyl sites for hydroxylation is 1. The number of hydrogen-bond acceptors (Lipinski definition) is 7. The zero-order chi connectivity index (χ0) is 24.3. The first-order chi connectivity index (χ1) is 16.9. The maximum atomic E-state index is 13.0. The number of rotatable bonds is 5. The van der Waals surface area contributed by atoms with E-state index >= 15 is 0 Å². The van der Waals surface area contributed by atoms with Crippen LogP contribution in [0.25, 0.3) is 33.6 Å². The first kappa shape index (κ1) is 21.8. The van der Waals surface area contributed by atoms with Crippen LogP contribution in [0.2, 0.25) is 0 Å². The van der Waals surface area contributed by atoms with Crippen LogP contribution in [0.3, 0.4) is 0 Å². The molecule has 2 fully saturated rings. The molecule has 2 aliphatic rings. The van der Waals surface area contributed by atoms with Gasteiger partial charge in [0.15, 0.2) is 11.3 Å². The number of carbonyl (C=O) groups is 1. The maximum Gasteiger partial charge on any atom is 0.256 e. The molecule has 5 heterocycles. The Kier molecular flexibility index (Phi) is 5.11. The summed E-state index contributed by atoms with van der Waals surface area (Å²) in [5.74, 6) is 2.19. The average molecular weight is 482 g/mol. The number of H-pyrrole nitrogens is 1. The van der Waals surface area contributed by atoms with Gasteiger partial charge in [-0.25, -0.2) is 28.7 Å². The predicted octanol–water partition coefficient (Wildman–Crippen LogP) is 3.01. The number of alkyl halides is 2. The number of anilines is 1. The van der Waals surface area contributed by atoms with Gasteiger partial charge in [0.2, 0.25) is 11.9 Å². The van der Waals surface area contributed by atoms with Crippen molar-refractivity contribution in [2.24, 2.45) is 11.8 Å². The largest absolute Gasteiger partial charge is 0.351 e. The summed E-state index contributed by atoms with van der Waals surface area (Å²) < 4.78 is 27.5. The van der Waals surface area contributed by atoms with E-state index < -0.39 is 13.0 Å². The Morgan fingerprint density at radius 3 is 2.66 bits per heavy atom. The Balaban J connectivity index is 1.23. The summed E-state index contributed by atoms with van der Waals surface area (Å²) in [7, 11) is 0. The van der Waals surface area contributed by atoms with Crippen molar-refractivity contribution in [3.8, 4) is 11.3 Å². The fraction of sp³-hybridized carbons (Fsp3) is 0.478. The van der Waals surface area contributed by atoms with Crippen molar-refractivity contribution in [3.05, 3.63) is 24.4 Å². The molecule has 0 unspecified atom stereocenters. The third-order valence-electron chi connectivity index (χ3n) is 7.21. The standard InChI is InChI=1S/C23H25F2N9O/c1-11-29-21-22(34(11)10-19(24)25)31-18(7-27-21)16-5-26-20-17(16)6-28-23(32-20)30-15-3-13-8-33(12(2)35)9-14(13)4-15/h5-7,13-15,19H,3-4,8-10H2,1-2H3,(H2,26,28,30,32)/t13-,14+,15-.